The molecule has 0 spiro atoms. The Hall–Kier alpha value is -0.240. The second kappa shape index (κ2) is 5.90. The number of thiocarbonyl (C=S) groups is 1. The van der Waals surface area contributed by atoms with Crippen molar-refractivity contribution in [3.8, 4) is 0 Å². The summed E-state index contributed by atoms with van der Waals surface area (Å²) in [5.41, 5.74) is 5.53. The molecule has 1 rings (SSSR count). The standard InChI is InChI=1S/C9H18N2O3S2/c1-2-14-6-7-16(12,13)11-5-3-4-8(11)9(10)15/h8H,2-7H2,1H3,(H2,10,15). The number of ether oxygens (including phenoxy) is 1. The lowest BCUT2D eigenvalue weighted by Gasteiger charge is -2.22. The van der Waals surface area contributed by atoms with Gasteiger partial charge in [0.15, 0.2) is 0 Å². The molecule has 16 heavy (non-hydrogen) atoms. The van der Waals surface area contributed by atoms with Crippen molar-refractivity contribution in [1.29, 1.82) is 0 Å². The highest BCUT2D eigenvalue weighted by Crippen LogP contribution is 2.21. The quantitative estimate of drug-likeness (QED) is 0.545. The second-order valence-corrected chi connectivity index (χ2v) is 6.20. The molecule has 1 unspecified atom stereocenters. The highest BCUT2D eigenvalue weighted by molar-refractivity contribution is 7.89. The van der Waals surface area contributed by atoms with Crippen molar-refractivity contribution in [2.24, 2.45) is 5.73 Å². The Balaban J connectivity index is 2.63. The van der Waals surface area contributed by atoms with E-state index in [2.05, 4.69) is 0 Å². The summed E-state index contributed by atoms with van der Waals surface area (Å²) in [5.74, 6) is -0.0000463. The molecule has 1 aliphatic rings. The first-order valence-corrected chi connectivity index (χ1v) is 7.37. The smallest absolute Gasteiger partial charge is 0.217 e. The molecule has 5 nitrogen and oxygen atoms in total. The molecule has 1 aliphatic heterocycles. The maximum atomic E-state index is 12.0. The Morgan fingerprint density at radius 1 is 1.62 bits per heavy atom. The van der Waals surface area contributed by atoms with E-state index in [1.807, 2.05) is 6.92 Å². The summed E-state index contributed by atoms with van der Waals surface area (Å²) in [6.07, 6.45) is 1.54. The van der Waals surface area contributed by atoms with Gasteiger partial charge in [-0.05, 0) is 19.8 Å². The van der Waals surface area contributed by atoms with Crippen LogP contribution in [-0.4, -0.2) is 49.3 Å². The van der Waals surface area contributed by atoms with Gasteiger partial charge in [-0.3, -0.25) is 0 Å². The number of sulfonamides is 1. The van der Waals surface area contributed by atoms with Gasteiger partial charge in [-0.1, -0.05) is 12.2 Å². The third-order valence-electron chi connectivity index (χ3n) is 2.58. The minimum absolute atomic E-state index is 0.0000463. The van der Waals surface area contributed by atoms with E-state index < -0.39 is 10.0 Å². The Morgan fingerprint density at radius 2 is 2.31 bits per heavy atom. The van der Waals surface area contributed by atoms with E-state index in [1.54, 1.807) is 0 Å². The van der Waals surface area contributed by atoms with Crippen LogP contribution in [0.15, 0.2) is 0 Å². The van der Waals surface area contributed by atoms with Crippen molar-refractivity contribution in [1.82, 2.24) is 4.31 Å². The van der Waals surface area contributed by atoms with E-state index in [4.69, 9.17) is 22.7 Å². The van der Waals surface area contributed by atoms with Gasteiger partial charge in [0.25, 0.3) is 0 Å². The number of nitrogens with zero attached hydrogens (tertiary/aromatic N) is 1. The van der Waals surface area contributed by atoms with Crippen LogP contribution in [-0.2, 0) is 14.8 Å². The summed E-state index contributed by atoms with van der Waals surface area (Å²) in [6.45, 7) is 3.09. The molecule has 0 aromatic heterocycles. The lowest BCUT2D eigenvalue weighted by atomic mass is 10.2. The van der Waals surface area contributed by atoms with E-state index in [9.17, 15) is 8.42 Å². The van der Waals surface area contributed by atoms with Gasteiger partial charge in [0.1, 0.15) is 0 Å². The number of nitrogens with two attached hydrogens (primary N) is 1. The van der Waals surface area contributed by atoms with Crippen LogP contribution in [0.3, 0.4) is 0 Å². The van der Waals surface area contributed by atoms with Gasteiger partial charge in [-0.15, -0.1) is 0 Å². The molecule has 7 heteroatoms. The first-order chi connectivity index (χ1) is 7.49. The maximum Gasteiger partial charge on any atom is 0.217 e. The lowest BCUT2D eigenvalue weighted by molar-refractivity contribution is 0.162. The predicted octanol–water partition coefficient (Wildman–Crippen LogP) is 0.103. The zero-order chi connectivity index (χ0) is 12.2. The molecule has 1 fully saturated rings. The molecule has 1 saturated heterocycles. The van der Waals surface area contributed by atoms with Gasteiger partial charge in [0, 0.05) is 13.2 Å². The van der Waals surface area contributed by atoms with Crippen LogP contribution in [0, 0.1) is 0 Å². The molecule has 0 aliphatic carbocycles. The Kier molecular flexibility index (Phi) is 5.10. The third kappa shape index (κ3) is 3.38. The minimum Gasteiger partial charge on any atom is -0.392 e. The van der Waals surface area contributed by atoms with Crippen LogP contribution >= 0.6 is 12.2 Å². The Bertz CT molecular complexity index is 343. The molecule has 0 bridgehead atoms. The normalized spacial score (nSPS) is 22.4. The molecule has 1 atom stereocenters. The average Bonchev–Trinajstić information content (AvgIpc) is 2.66. The first-order valence-electron chi connectivity index (χ1n) is 5.35. The molecule has 0 aromatic carbocycles. The number of hydrogen-bond donors (Lipinski definition) is 1. The van der Waals surface area contributed by atoms with E-state index >= 15 is 0 Å². The molecule has 0 aromatic rings. The van der Waals surface area contributed by atoms with Crippen LogP contribution in [0.25, 0.3) is 0 Å². The van der Waals surface area contributed by atoms with E-state index in [1.165, 1.54) is 4.31 Å². The summed E-state index contributed by atoms with van der Waals surface area (Å²) >= 11 is 4.88. The zero-order valence-electron chi connectivity index (χ0n) is 9.39. The SMILES string of the molecule is CCOCCS(=O)(=O)N1CCCC1C(N)=S. The van der Waals surface area contributed by atoms with Crippen molar-refractivity contribution < 1.29 is 13.2 Å². The molecule has 94 valence electrons. The molecule has 0 radical (unpaired) electrons. The monoisotopic (exact) mass is 266 g/mol. The van der Waals surface area contributed by atoms with Crippen LogP contribution in [0.1, 0.15) is 19.8 Å². The molecule has 0 amide bonds. The summed E-state index contributed by atoms with van der Waals surface area (Å²) in [4.78, 5) is 0.262. The van der Waals surface area contributed by atoms with Crippen LogP contribution in [0.5, 0.6) is 0 Å². The first kappa shape index (κ1) is 13.8. The zero-order valence-corrected chi connectivity index (χ0v) is 11.0. The van der Waals surface area contributed by atoms with Crippen LogP contribution in [0.2, 0.25) is 0 Å². The third-order valence-corrected chi connectivity index (χ3v) is 4.69. The fraction of sp³-hybridized carbons (Fsp3) is 0.889. The van der Waals surface area contributed by atoms with Gasteiger partial charge in [0.05, 0.1) is 23.4 Å². The summed E-state index contributed by atoms with van der Waals surface area (Å²) in [6, 6.07) is -0.304. The fourth-order valence-electron chi connectivity index (χ4n) is 1.78. The Labute approximate surface area is 102 Å². The van der Waals surface area contributed by atoms with Crippen molar-refractivity contribution >= 4 is 27.2 Å². The molecule has 0 saturated carbocycles. The maximum absolute atomic E-state index is 12.0. The number of hydrogen-bond acceptors (Lipinski definition) is 4. The van der Waals surface area contributed by atoms with Crippen molar-refractivity contribution in [2.75, 3.05) is 25.5 Å². The summed E-state index contributed by atoms with van der Waals surface area (Å²) < 4.78 is 30.4. The molecule has 2 N–H and O–H groups in total. The van der Waals surface area contributed by atoms with Crippen LogP contribution in [0.4, 0.5) is 0 Å². The predicted molar refractivity (Wildman–Crippen MR) is 66.8 cm³/mol. The second-order valence-electron chi connectivity index (χ2n) is 3.68. The minimum atomic E-state index is -3.29. The van der Waals surface area contributed by atoms with Crippen molar-refractivity contribution in [3.63, 3.8) is 0 Å². The largest absolute Gasteiger partial charge is 0.392 e. The molecule has 1 heterocycles. The number of rotatable bonds is 6. The summed E-state index contributed by atoms with van der Waals surface area (Å²) in [7, 11) is -3.29. The molecular formula is C9H18N2O3S2. The van der Waals surface area contributed by atoms with Gasteiger partial charge in [0.2, 0.25) is 10.0 Å². The van der Waals surface area contributed by atoms with Gasteiger partial charge >= 0.3 is 0 Å². The summed E-state index contributed by atoms with van der Waals surface area (Å²) in [5, 5.41) is 0. The topological polar surface area (TPSA) is 72.6 Å². The van der Waals surface area contributed by atoms with Crippen LogP contribution < -0.4 is 5.73 Å². The molecular weight excluding hydrogens is 248 g/mol. The van der Waals surface area contributed by atoms with Gasteiger partial charge in [-0.25, -0.2) is 8.42 Å². The van der Waals surface area contributed by atoms with Crippen molar-refractivity contribution in [2.45, 2.75) is 25.8 Å². The van der Waals surface area contributed by atoms with E-state index in [0.717, 1.165) is 12.8 Å². The van der Waals surface area contributed by atoms with E-state index in [-0.39, 0.29) is 23.4 Å². The van der Waals surface area contributed by atoms with Crippen molar-refractivity contribution in [3.05, 3.63) is 0 Å². The Morgan fingerprint density at radius 3 is 2.88 bits per heavy atom. The van der Waals surface area contributed by atoms with Gasteiger partial charge in [-0.2, -0.15) is 4.31 Å². The highest BCUT2D eigenvalue weighted by Gasteiger charge is 2.35. The van der Waals surface area contributed by atoms with E-state index in [0.29, 0.717) is 13.2 Å². The van der Waals surface area contributed by atoms with Gasteiger partial charge < -0.3 is 10.5 Å². The average molecular weight is 266 g/mol. The fourth-order valence-corrected chi connectivity index (χ4v) is 3.67. The lowest BCUT2D eigenvalue weighted by Crippen LogP contribution is -2.44. The highest BCUT2D eigenvalue weighted by atomic mass is 32.2.